The monoisotopic (exact) mass is 575 g/mol. The minimum absolute atomic E-state index is 0. The Morgan fingerprint density at radius 3 is 2.67 bits per heavy atom. The van der Waals surface area contributed by atoms with Gasteiger partial charge in [-0.3, -0.25) is 10.1 Å². The van der Waals surface area contributed by atoms with Gasteiger partial charge in [0, 0.05) is 67.7 Å². The first-order valence-corrected chi connectivity index (χ1v) is 13.3. The molecule has 12 nitrogen and oxygen atoms in total. The Balaban J connectivity index is 0.00000405. The number of likely N-dealkylation sites (tertiary alicyclic amines) is 1. The molecule has 2 aromatic carbocycles. The number of likely N-dealkylation sites (N-methyl/N-ethyl adjacent to an activating group) is 2. The maximum absolute atomic E-state index is 12.7. The number of aromatic nitrogens is 3. The number of esters is 1. The van der Waals surface area contributed by atoms with Crippen molar-refractivity contribution < 1.29 is 19.2 Å². The first-order valence-electron chi connectivity index (χ1n) is 13.3. The topological polar surface area (TPSA) is 128 Å². The smallest absolute Gasteiger partial charge is 0.341 e. The van der Waals surface area contributed by atoms with Crippen LogP contribution in [-0.2, 0) is 11.8 Å². The lowest BCUT2D eigenvalue weighted by molar-refractivity contribution is -0.384. The summed E-state index contributed by atoms with van der Waals surface area (Å²) in [7, 11) is 8.65. The lowest BCUT2D eigenvalue weighted by Gasteiger charge is -2.27. The lowest BCUT2D eigenvalue weighted by Crippen LogP contribution is -2.36. The van der Waals surface area contributed by atoms with E-state index in [-0.39, 0.29) is 24.6 Å². The molecule has 1 aliphatic heterocycles. The van der Waals surface area contributed by atoms with E-state index in [2.05, 4.69) is 27.2 Å². The van der Waals surface area contributed by atoms with Crippen molar-refractivity contribution in [3.05, 3.63) is 64.5 Å². The van der Waals surface area contributed by atoms with Crippen molar-refractivity contribution in [2.24, 2.45) is 7.05 Å². The summed E-state index contributed by atoms with van der Waals surface area (Å²) >= 11 is 0. The Bertz CT molecular complexity index is 1620. The molecule has 0 unspecified atom stereocenters. The molecule has 1 N–H and O–H groups in total. The van der Waals surface area contributed by atoms with Crippen LogP contribution in [-0.4, -0.2) is 77.8 Å². The molecule has 222 valence electrons. The number of anilines is 3. The number of nitro benzene ring substituents is 1. The summed E-state index contributed by atoms with van der Waals surface area (Å²) in [6.07, 6.45) is 5.43. The molecule has 5 rings (SSSR count). The molecule has 0 radical (unpaired) electrons. The highest BCUT2D eigenvalue weighted by molar-refractivity contribution is 6.02. The van der Waals surface area contributed by atoms with Gasteiger partial charge in [0.05, 0.1) is 30.5 Å². The fraction of sp³-hybridized carbons (Fsp3) is 0.367. The van der Waals surface area contributed by atoms with E-state index in [0.29, 0.717) is 35.4 Å². The molecule has 12 heteroatoms. The highest BCUT2D eigenvalue weighted by Crippen LogP contribution is 2.40. The molecule has 0 bridgehead atoms. The Hall–Kier alpha value is -4.71. The minimum Gasteiger partial charge on any atom is -0.494 e. The average Bonchev–Trinajstić information content (AvgIpc) is 3.54. The SMILES string of the molecule is C.COC(=O)c1cnc(Nc2cc([N+](=O)[O-])c(N(C)C[C@H]3CCCN3C)cc2OC)nc1-c1cn(C)c2ccccc12. The van der Waals surface area contributed by atoms with Crippen LogP contribution in [0.2, 0.25) is 0 Å². The number of rotatable bonds is 9. The van der Waals surface area contributed by atoms with Gasteiger partial charge in [0.25, 0.3) is 5.69 Å². The summed E-state index contributed by atoms with van der Waals surface area (Å²) in [4.78, 5) is 37.6. The third-order valence-electron chi connectivity index (χ3n) is 7.65. The molecule has 1 fully saturated rings. The van der Waals surface area contributed by atoms with Gasteiger partial charge < -0.3 is 29.2 Å². The van der Waals surface area contributed by atoms with E-state index in [1.807, 2.05) is 54.0 Å². The number of para-hydroxylation sites is 1. The van der Waals surface area contributed by atoms with Gasteiger partial charge in [-0.05, 0) is 32.5 Å². The maximum Gasteiger partial charge on any atom is 0.341 e. The average molecular weight is 576 g/mol. The van der Waals surface area contributed by atoms with Crippen molar-refractivity contribution in [3.63, 3.8) is 0 Å². The molecule has 4 aromatic rings. The summed E-state index contributed by atoms with van der Waals surface area (Å²) in [5.41, 5.74) is 2.96. The largest absolute Gasteiger partial charge is 0.494 e. The van der Waals surface area contributed by atoms with Gasteiger partial charge in [0.15, 0.2) is 0 Å². The molecular weight excluding hydrogens is 538 g/mol. The number of methoxy groups -OCH3 is 2. The van der Waals surface area contributed by atoms with Crippen molar-refractivity contribution in [1.29, 1.82) is 0 Å². The second kappa shape index (κ2) is 12.4. The first-order chi connectivity index (χ1) is 19.7. The van der Waals surface area contributed by atoms with Crippen LogP contribution in [0.15, 0.2) is 48.8 Å². The maximum atomic E-state index is 12.7. The van der Waals surface area contributed by atoms with Gasteiger partial charge in [-0.1, -0.05) is 25.6 Å². The Kier molecular flexibility index (Phi) is 8.96. The van der Waals surface area contributed by atoms with Crippen LogP contribution in [0.3, 0.4) is 0 Å². The molecule has 3 heterocycles. The zero-order valence-corrected chi connectivity index (χ0v) is 23.7. The van der Waals surface area contributed by atoms with Crippen LogP contribution in [0.25, 0.3) is 22.2 Å². The van der Waals surface area contributed by atoms with E-state index in [1.54, 1.807) is 6.07 Å². The number of nitrogens with one attached hydrogen (secondary N) is 1. The number of aryl methyl sites for hydroxylation is 1. The molecule has 1 saturated heterocycles. The number of benzene rings is 2. The predicted octanol–water partition coefficient (Wildman–Crippen LogP) is 5.25. The van der Waals surface area contributed by atoms with Gasteiger partial charge in [0.2, 0.25) is 5.95 Å². The van der Waals surface area contributed by atoms with E-state index in [0.717, 1.165) is 35.9 Å². The van der Waals surface area contributed by atoms with Crippen molar-refractivity contribution in [1.82, 2.24) is 19.4 Å². The molecule has 2 aromatic heterocycles. The quantitative estimate of drug-likeness (QED) is 0.161. The second-order valence-electron chi connectivity index (χ2n) is 10.2. The zero-order valence-electron chi connectivity index (χ0n) is 23.7. The third-order valence-corrected chi connectivity index (χ3v) is 7.65. The molecule has 0 saturated carbocycles. The van der Waals surface area contributed by atoms with Gasteiger partial charge in [0.1, 0.15) is 17.0 Å². The Labute approximate surface area is 245 Å². The molecular formula is C30H37N7O5. The number of nitrogens with zero attached hydrogens (tertiary/aromatic N) is 6. The normalized spacial score (nSPS) is 14.8. The van der Waals surface area contributed by atoms with E-state index in [1.165, 1.54) is 26.5 Å². The number of carbonyl (C=O) groups excluding carboxylic acids is 1. The van der Waals surface area contributed by atoms with E-state index in [9.17, 15) is 14.9 Å². The molecule has 1 atom stereocenters. The standard InChI is InChI=1S/C29H33N7O5.CH4/c1-33-12-8-9-18(33)16-34(2)24-14-26(40-4)22(13-25(24)36(38)39)31-29-30-15-20(28(37)41-5)27(32-29)21-17-35(3)23-11-7-6-10-19(21)23;/h6-7,10-11,13-15,17-18H,8-9,12,16H2,1-5H3,(H,30,31,32);1H4/t18-;/m1./s1. The second-order valence-corrected chi connectivity index (χ2v) is 10.2. The third kappa shape index (κ3) is 5.70. The number of ether oxygens (including phenoxy) is 2. The molecule has 0 amide bonds. The van der Waals surface area contributed by atoms with Gasteiger partial charge >= 0.3 is 5.97 Å². The highest BCUT2D eigenvalue weighted by atomic mass is 16.6. The molecule has 1 aliphatic rings. The minimum atomic E-state index is -0.576. The Morgan fingerprint density at radius 1 is 1.24 bits per heavy atom. The van der Waals surface area contributed by atoms with Crippen LogP contribution >= 0.6 is 0 Å². The van der Waals surface area contributed by atoms with Crippen molar-refractivity contribution >= 4 is 39.9 Å². The number of hydrogen-bond donors (Lipinski definition) is 1. The van der Waals surface area contributed by atoms with E-state index < -0.39 is 10.9 Å². The number of carbonyl (C=O) groups is 1. The summed E-state index contributed by atoms with van der Waals surface area (Å²) in [5, 5.41) is 16.1. The van der Waals surface area contributed by atoms with Crippen LogP contribution < -0.4 is 15.0 Å². The van der Waals surface area contributed by atoms with Crippen LogP contribution in [0.4, 0.5) is 23.0 Å². The summed E-state index contributed by atoms with van der Waals surface area (Å²) in [6.45, 7) is 1.67. The fourth-order valence-corrected chi connectivity index (χ4v) is 5.46. The number of fused-ring (bicyclic) bond motifs is 1. The summed E-state index contributed by atoms with van der Waals surface area (Å²) in [6, 6.07) is 11.2. The first kappa shape index (κ1) is 30.3. The van der Waals surface area contributed by atoms with Gasteiger partial charge in [-0.25, -0.2) is 14.8 Å². The zero-order chi connectivity index (χ0) is 29.3. The van der Waals surface area contributed by atoms with Crippen molar-refractivity contribution in [2.45, 2.75) is 26.3 Å². The van der Waals surface area contributed by atoms with Gasteiger partial charge in [-0.2, -0.15) is 0 Å². The van der Waals surface area contributed by atoms with Crippen LogP contribution in [0.5, 0.6) is 5.75 Å². The predicted molar refractivity (Wildman–Crippen MR) is 164 cm³/mol. The van der Waals surface area contributed by atoms with Crippen molar-refractivity contribution in [3.8, 4) is 17.0 Å². The number of nitro groups is 1. The van der Waals surface area contributed by atoms with E-state index >= 15 is 0 Å². The lowest BCUT2D eigenvalue weighted by atomic mass is 10.1. The van der Waals surface area contributed by atoms with E-state index in [4.69, 9.17) is 9.47 Å². The van der Waals surface area contributed by atoms with Crippen LogP contribution in [0, 0.1) is 10.1 Å². The molecule has 0 aliphatic carbocycles. The number of hydrogen-bond acceptors (Lipinski definition) is 10. The highest BCUT2D eigenvalue weighted by Gasteiger charge is 2.27. The summed E-state index contributed by atoms with van der Waals surface area (Å²) < 4.78 is 12.6. The summed E-state index contributed by atoms with van der Waals surface area (Å²) in [5.74, 6) is -0.0422. The molecule has 42 heavy (non-hydrogen) atoms. The van der Waals surface area contributed by atoms with Gasteiger partial charge in [-0.15, -0.1) is 0 Å². The fourth-order valence-electron chi connectivity index (χ4n) is 5.46. The Morgan fingerprint density at radius 2 is 2.00 bits per heavy atom. The van der Waals surface area contributed by atoms with Crippen molar-refractivity contribution in [2.75, 3.05) is 51.6 Å². The van der Waals surface area contributed by atoms with Crippen LogP contribution in [0.1, 0.15) is 30.6 Å². The molecule has 0 spiro atoms.